The molecule has 40 heavy (non-hydrogen) atoms. The molecule has 1 aromatic carbocycles. The van der Waals surface area contributed by atoms with Crippen molar-refractivity contribution in [2.24, 2.45) is 5.92 Å². The average Bonchev–Trinajstić information content (AvgIpc) is 2.99. The summed E-state index contributed by atoms with van der Waals surface area (Å²) in [7, 11) is 0. The van der Waals surface area contributed by atoms with Crippen LogP contribution in [0.2, 0.25) is 0 Å². The lowest BCUT2D eigenvalue weighted by Crippen LogP contribution is -2.22. The Kier molecular flexibility index (Phi) is 15.4. The lowest BCUT2D eigenvalue weighted by molar-refractivity contribution is -0.139. The van der Waals surface area contributed by atoms with E-state index in [0.717, 1.165) is 43.6 Å². The number of carbonyl (C=O) groups excluding carboxylic acids is 1. The zero-order chi connectivity index (χ0) is 28.3. The molecule has 0 N–H and O–H groups in total. The number of nitrogens with zero attached hydrogens (tertiary/aromatic N) is 2. The second-order valence-electron chi connectivity index (χ2n) is 11.4. The van der Waals surface area contributed by atoms with Crippen LogP contribution in [0.4, 0.5) is 0 Å². The zero-order valence-electron chi connectivity index (χ0n) is 25.2. The normalized spacial score (nSPS) is 15.1. The van der Waals surface area contributed by atoms with Gasteiger partial charge < -0.3 is 9.47 Å². The van der Waals surface area contributed by atoms with Gasteiger partial charge in [-0.15, -0.1) is 0 Å². The highest BCUT2D eigenvalue weighted by Gasteiger charge is 2.23. The fraction of sp³-hybridized carbons (Fsp3) is 0.629. The largest absolute Gasteiger partial charge is 0.494 e. The minimum atomic E-state index is -0.177. The van der Waals surface area contributed by atoms with E-state index in [9.17, 15) is 4.79 Å². The molecular weight excluding hydrogens is 496 g/mol. The van der Waals surface area contributed by atoms with Crippen molar-refractivity contribution >= 4 is 5.97 Å². The molecule has 1 aliphatic rings. The summed E-state index contributed by atoms with van der Waals surface area (Å²) < 4.78 is 11.5. The maximum Gasteiger partial charge on any atom is 0.314 e. The first-order valence-corrected chi connectivity index (χ1v) is 16.1. The summed E-state index contributed by atoms with van der Waals surface area (Å²) in [6.07, 6.45) is 27.6. The molecule has 0 saturated carbocycles. The van der Waals surface area contributed by atoms with Crippen molar-refractivity contribution in [3.05, 3.63) is 48.3 Å². The number of hydrogen-bond donors (Lipinski definition) is 0. The predicted octanol–water partition coefficient (Wildman–Crippen LogP) is 10.0. The van der Waals surface area contributed by atoms with Gasteiger partial charge in [0, 0.05) is 5.56 Å². The van der Waals surface area contributed by atoms with Crippen LogP contribution in [0.3, 0.4) is 0 Å². The van der Waals surface area contributed by atoms with Crippen LogP contribution in [0.25, 0.3) is 11.4 Å². The first-order valence-electron chi connectivity index (χ1n) is 16.1. The molecule has 3 rings (SSSR count). The maximum absolute atomic E-state index is 12.7. The second-order valence-corrected chi connectivity index (χ2v) is 11.4. The summed E-state index contributed by atoms with van der Waals surface area (Å²) >= 11 is 0. The van der Waals surface area contributed by atoms with Crippen molar-refractivity contribution < 1.29 is 14.3 Å². The van der Waals surface area contributed by atoms with Crippen LogP contribution < -0.4 is 9.47 Å². The first kappa shape index (κ1) is 31.8. The summed E-state index contributed by atoms with van der Waals surface area (Å²) in [5.74, 6) is 1.62. The van der Waals surface area contributed by atoms with Crippen LogP contribution >= 0.6 is 0 Å². The topological polar surface area (TPSA) is 61.3 Å². The molecule has 2 aromatic rings. The molecule has 1 aliphatic carbocycles. The van der Waals surface area contributed by atoms with Gasteiger partial charge in [-0.3, -0.25) is 4.79 Å². The zero-order valence-corrected chi connectivity index (χ0v) is 25.2. The third kappa shape index (κ3) is 12.2. The number of unbranched alkanes of at least 4 members (excludes halogenated alkanes) is 12. The van der Waals surface area contributed by atoms with Gasteiger partial charge in [0.2, 0.25) is 0 Å². The molecule has 5 nitrogen and oxygen atoms in total. The van der Waals surface area contributed by atoms with Crippen molar-refractivity contribution in [2.45, 2.75) is 129 Å². The molecule has 0 bridgehead atoms. The Morgan fingerprint density at radius 3 is 1.98 bits per heavy atom. The monoisotopic (exact) mass is 548 g/mol. The summed E-state index contributed by atoms with van der Waals surface area (Å²) in [4.78, 5) is 21.6. The minimum absolute atomic E-state index is 0.0775. The molecule has 0 spiro atoms. The van der Waals surface area contributed by atoms with Crippen LogP contribution in [0.1, 0.15) is 129 Å². The number of aromatic nitrogens is 2. The predicted molar refractivity (Wildman–Crippen MR) is 165 cm³/mol. The maximum atomic E-state index is 12.7. The van der Waals surface area contributed by atoms with E-state index >= 15 is 0 Å². The molecule has 1 atom stereocenters. The third-order valence-corrected chi connectivity index (χ3v) is 7.92. The van der Waals surface area contributed by atoms with Gasteiger partial charge in [0.15, 0.2) is 11.6 Å². The van der Waals surface area contributed by atoms with Gasteiger partial charge in [0.05, 0.1) is 24.9 Å². The molecule has 5 heteroatoms. The third-order valence-electron chi connectivity index (χ3n) is 7.92. The quantitative estimate of drug-likeness (QED) is 0.0936. The fourth-order valence-corrected chi connectivity index (χ4v) is 5.31. The highest BCUT2D eigenvalue weighted by atomic mass is 16.5. The molecular formula is C35H52N2O3. The van der Waals surface area contributed by atoms with Crippen LogP contribution in [-0.4, -0.2) is 22.5 Å². The standard InChI is InChI=1S/C35H52N2O3/c1-3-5-7-9-11-12-14-16-26-39-32-24-22-30(23-25-32)34-36-27-33(28-37-34)40-35(38)31-20-18-29(19-21-31)17-15-13-10-8-6-4-2/h18,22-25,27-28,31H,3-17,19-21,26H2,1-2H3. The summed E-state index contributed by atoms with van der Waals surface area (Å²) in [6.45, 7) is 5.26. The molecule has 1 heterocycles. The van der Waals surface area contributed by atoms with E-state index < -0.39 is 0 Å². The van der Waals surface area contributed by atoms with Crippen molar-refractivity contribution in [3.8, 4) is 22.9 Å². The lowest BCUT2D eigenvalue weighted by Gasteiger charge is -2.20. The van der Waals surface area contributed by atoms with E-state index in [-0.39, 0.29) is 11.9 Å². The number of allylic oxidation sites excluding steroid dienone is 2. The molecule has 0 radical (unpaired) electrons. The van der Waals surface area contributed by atoms with Crippen LogP contribution in [-0.2, 0) is 4.79 Å². The van der Waals surface area contributed by atoms with Crippen LogP contribution in [0, 0.1) is 5.92 Å². The summed E-state index contributed by atoms with van der Waals surface area (Å²) in [5.41, 5.74) is 2.42. The number of carbonyl (C=O) groups is 1. The molecule has 220 valence electrons. The average molecular weight is 549 g/mol. The molecule has 0 fully saturated rings. The van der Waals surface area contributed by atoms with E-state index in [1.807, 2.05) is 24.3 Å². The van der Waals surface area contributed by atoms with E-state index in [2.05, 4.69) is 29.9 Å². The molecule has 0 aliphatic heterocycles. The van der Waals surface area contributed by atoms with Crippen LogP contribution in [0.5, 0.6) is 11.5 Å². The van der Waals surface area contributed by atoms with Gasteiger partial charge in [0.25, 0.3) is 0 Å². The van der Waals surface area contributed by atoms with Gasteiger partial charge in [-0.1, -0.05) is 103 Å². The Hall–Kier alpha value is -2.69. The minimum Gasteiger partial charge on any atom is -0.494 e. The Morgan fingerprint density at radius 2 is 1.38 bits per heavy atom. The van der Waals surface area contributed by atoms with E-state index in [1.165, 1.54) is 95.5 Å². The fourth-order valence-electron chi connectivity index (χ4n) is 5.31. The molecule has 0 amide bonds. The highest BCUT2D eigenvalue weighted by Crippen LogP contribution is 2.29. The van der Waals surface area contributed by atoms with Crippen molar-refractivity contribution in [1.82, 2.24) is 9.97 Å². The SMILES string of the molecule is CCCCCCCCCCOc1ccc(-c2ncc(OC(=O)C3CC=C(CCCCCCCC)CC3)cn2)cc1. The first-order chi connectivity index (χ1) is 19.7. The molecule has 1 aromatic heterocycles. The van der Waals surface area contributed by atoms with E-state index in [1.54, 1.807) is 12.4 Å². The van der Waals surface area contributed by atoms with E-state index in [0.29, 0.717) is 11.6 Å². The molecule has 1 unspecified atom stereocenters. The number of ether oxygens (including phenoxy) is 2. The number of benzene rings is 1. The van der Waals surface area contributed by atoms with Gasteiger partial charge in [0.1, 0.15) is 5.75 Å². The number of esters is 1. The van der Waals surface area contributed by atoms with Gasteiger partial charge in [-0.25, -0.2) is 9.97 Å². The lowest BCUT2D eigenvalue weighted by atomic mass is 9.87. The van der Waals surface area contributed by atoms with Crippen molar-refractivity contribution in [1.29, 1.82) is 0 Å². The van der Waals surface area contributed by atoms with Crippen molar-refractivity contribution in [2.75, 3.05) is 6.61 Å². The summed E-state index contributed by atoms with van der Waals surface area (Å²) in [5, 5.41) is 0. The number of hydrogen-bond acceptors (Lipinski definition) is 5. The van der Waals surface area contributed by atoms with Gasteiger partial charge in [-0.2, -0.15) is 0 Å². The Bertz CT molecular complexity index is 985. The number of rotatable bonds is 20. The second kappa shape index (κ2) is 19.4. The molecule has 0 saturated heterocycles. The smallest absolute Gasteiger partial charge is 0.314 e. The van der Waals surface area contributed by atoms with Gasteiger partial charge in [-0.05, 0) is 62.8 Å². The highest BCUT2D eigenvalue weighted by molar-refractivity contribution is 5.75. The summed E-state index contributed by atoms with van der Waals surface area (Å²) in [6, 6.07) is 7.88. The Balaban J connectivity index is 1.33. The van der Waals surface area contributed by atoms with E-state index in [4.69, 9.17) is 9.47 Å². The van der Waals surface area contributed by atoms with Crippen molar-refractivity contribution in [3.63, 3.8) is 0 Å². The Morgan fingerprint density at radius 1 is 0.775 bits per heavy atom. The van der Waals surface area contributed by atoms with Gasteiger partial charge >= 0.3 is 5.97 Å². The Labute approximate surface area is 243 Å². The van der Waals surface area contributed by atoms with Crippen LogP contribution in [0.15, 0.2) is 48.3 Å².